The summed E-state index contributed by atoms with van der Waals surface area (Å²) in [6.45, 7) is 5.39. The lowest BCUT2D eigenvalue weighted by Crippen LogP contribution is -2.41. The molecule has 1 heterocycles. The first-order chi connectivity index (χ1) is 6.88. The van der Waals surface area contributed by atoms with Gasteiger partial charge >= 0.3 is 0 Å². The largest absolute Gasteiger partial charge is 0.382 e. The number of nitrogens with two attached hydrogens (primary N) is 1. The van der Waals surface area contributed by atoms with Gasteiger partial charge in [0.2, 0.25) is 0 Å². The second-order valence-corrected chi connectivity index (χ2v) is 3.74. The molecule has 0 radical (unpaired) electrons. The van der Waals surface area contributed by atoms with Gasteiger partial charge in [0, 0.05) is 31.8 Å². The van der Waals surface area contributed by atoms with Gasteiger partial charge in [0.15, 0.2) is 0 Å². The fraction of sp³-hybridized carbons (Fsp3) is 1.00. The highest BCUT2D eigenvalue weighted by molar-refractivity contribution is 4.77. The summed E-state index contributed by atoms with van der Waals surface area (Å²) in [5.74, 6) is 6.11. The molecule has 0 aromatic heterocycles. The second-order valence-electron chi connectivity index (χ2n) is 3.74. The first-order valence-electron chi connectivity index (χ1n) is 5.50. The molecule has 1 aliphatic heterocycles. The Balaban J connectivity index is 2.11. The van der Waals surface area contributed by atoms with E-state index in [1.165, 1.54) is 0 Å². The molecule has 0 aliphatic carbocycles. The van der Waals surface area contributed by atoms with E-state index in [1.54, 1.807) is 0 Å². The predicted molar refractivity (Wildman–Crippen MR) is 55.8 cm³/mol. The van der Waals surface area contributed by atoms with Crippen molar-refractivity contribution in [3.05, 3.63) is 0 Å². The molecule has 4 nitrogen and oxygen atoms in total. The van der Waals surface area contributed by atoms with Crippen LogP contribution in [0.2, 0.25) is 0 Å². The highest BCUT2D eigenvalue weighted by atomic mass is 16.5. The van der Waals surface area contributed by atoms with E-state index in [1.807, 2.05) is 6.92 Å². The molecule has 0 bridgehead atoms. The minimum Gasteiger partial charge on any atom is -0.382 e. The average molecular weight is 202 g/mol. The van der Waals surface area contributed by atoms with Gasteiger partial charge in [0.25, 0.3) is 0 Å². The molecule has 0 aromatic carbocycles. The van der Waals surface area contributed by atoms with Gasteiger partial charge in [-0.2, -0.15) is 0 Å². The maximum atomic E-state index is 5.52. The maximum Gasteiger partial charge on any atom is 0.0510 e. The Labute approximate surface area is 86.1 Å². The minimum atomic E-state index is 0.387. The van der Waals surface area contributed by atoms with Crippen molar-refractivity contribution in [3.8, 4) is 0 Å². The van der Waals surface area contributed by atoms with Gasteiger partial charge in [0.1, 0.15) is 0 Å². The summed E-state index contributed by atoms with van der Waals surface area (Å²) in [5.41, 5.74) is 2.89. The van der Waals surface area contributed by atoms with Crippen LogP contribution in [0.4, 0.5) is 0 Å². The van der Waals surface area contributed by atoms with Crippen LogP contribution in [0.15, 0.2) is 0 Å². The number of hydrazine groups is 1. The summed E-state index contributed by atoms with van der Waals surface area (Å²) in [6.07, 6.45) is 3.27. The number of hydrogen-bond acceptors (Lipinski definition) is 4. The Hall–Kier alpha value is -0.160. The van der Waals surface area contributed by atoms with Gasteiger partial charge < -0.3 is 9.47 Å². The molecule has 1 aliphatic rings. The van der Waals surface area contributed by atoms with Crippen molar-refractivity contribution in [1.82, 2.24) is 5.43 Å². The molecule has 1 fully saturated rings. The third-order valence-corrected chi connectivity index (χ3v) is 2.76. The quantitative estimate of drug-likeness (QED) is 0.362. The fourth-order valence-electron chi connectivity index (χ4n) is 1.87. The van der Waals surface area contributed by atoms with Crippen molar-refractivity contribution in [1.29, 1.82) is 0 Å². The summed E-state index contributed by atoms with van der Waals surface area (Å²) >= 11 is 0. The fourth-order valence-corrected chi connectivity index (χ4v) is 1.87. The van der Waals surface area contributed by atoms with Gasteiger partial charge in [-0.05, 0) is 26.2 Å². The maximum absolute atomic E-state index is 5.52. The lowest BCUT2D eigenvalue weighted by atomic mass is 9.96. The number of hydrogen-bond donors (Lipinski definition) is 2. The molecule has 2 atom stereocenters. The smallest absolute Gasteiger partial charge is 0.0510 e. The number of rotatable bonds is 7. The average Bonchev–Trinajstić information content (AvgIpc) is 2.71. The molecule has 4 heteroatoms. The van der Waals surface area contributed by atoms with E-state index >= 15 is 0 Å². The van der Waals surface area contributed by atoms with Crippen LogP contribution in [-0.4, -0.2) is 32.5 Å². The van der Waals surface area contributed by atoms with Crippen molar-refractivity contribution < 1.29 is 9.47 Å². The molecule has 14 heavy (non-hydrogen) atoms. The van der Waals surface area contributed by atoms with Crippen LogP contribution in [0.3, 0.4) is 0 Å². The van der Waals surface area contributed by atoms with Crippen LogP contribution < -0.4 is 11.3 Å². The standard InChI is InChI=1S/C10H22N2O2/c1-2-13-6-3-4-10(12-11)9-5-7-14-8-9/h9-10,12H,2-8,11H2,1H3. The summed E-state index contributed by atoms with van der Waals surface area (Å²) in [6, 6.07) is 0.387. The predicted octanol–water partition coefficient (Wildman–Crippen LogP) is 0.671. The van der Waals surface area contributed by atoms with E-state index in [9.17, 15) is 0 Å². The molecule has 0 amide bonds. The van der Waals surface area contributed by atoms with E-state index in [0.29, 0.717) is 12.0 Å². The Morgan fingerprint density at radius 1 is 1.64 bits per heavy atom. The summed E-state index contributed by atoms with van der Waals surface area (Å²) in [7, 11) is 0. The van der Waals surface area contributed by atoms with Gasteiger partial charge in [0.05, 0.1) is 6.61 Å². The normalized spacial score (nSPS) is 24.0. The van der Waals surface area contributed by atoms with Crippen LogP contribution in [0.5, 0.6) is 0 Å². The molecule has 2 unspecified atom stereocenters. The minimum absolute atomic E-state index is 0.387. The second kappa shape index (κ2) is 7.17. The Morgan fingerprint density at radius 2 is 2.50 bits per heavy atom. The zero-order chi connectivity index (χ0) is 10.2. The lowest BCUT2D eigenvalue weighted by Gasteiger charge is -2.21. The number of ether oxygens (including phenoxy) is 2. The molecule has 1 saturated heterocycles. The molecule has 1 rings (SSSR count). The molecular weight excluding hydrogens is 180 g/mol. The van der Waals surface area contributed by atoms with Crippen molar-refractivity contribution in [2.45, 2.75) is 32.2 Å². The highest BCUT2D eigenvalue weighted by Gasteiger charge is 2.24. The van der Waals surface area contributed by atoms with E-state index in [0.717, 1.165) is 45.7 Å². The van der Waals surface area contributed by atoms with E-state index < -0.39 is 0 Å². The Bertz CT molecular complexity index is 138. The van der Waals surface area contributed by atoms with Crippen LogP contribution in [0.1, 0.15) is 26.2 Å². The molecule has 3 N–H and O–H groups in total. The first kappa shape index (κ1) is 11.9. The van der Waals surface area contributed by atoms with Crippen molar-refractivity contribution >= 4 is 0 Å². The Morgan fingerprint density at radius 3 is 3.07 bits per heavy atom. The third-order valence-electron chi connectivity index (χ3n) is 2.76. The first-order valence-corrected chi connectivity index (χ1v) is 5.50. The lowest BCUT2D eigenvalue weighted by molar-refractivity contribution is 0.135. The van der Waals surface area contributed by atoms with E-state index in [-0.39, 0.29) is 0 Å². The van der Waals surface area contributed by atoms with Gasteiger partial charge in [-0.15, -0.1) is 0 Å². The van der Waals surface area contributed by atoms with Gasteiger partial charge in [-0.3, -0.25) is 11.3 Å². The summed E-state index contributed by atoms with van der Waals surface area (Å²) in [4.78, 5) is 0. The monoisotopic (exact) mass is 202 g/mol. The Kier molecular flexibility index (Phi) is 6.10. The molecule has 0 spiro atoms. The zero-order valence-corrected chi connectivity index (χ0v) is 9.00. The zero-order valence-electron chi connectivity index (χ0n) is 9.00. The molecular formula is C10H22N2O2. The van der Waals surface area contributed by atoms with Crippen molar-refractivity contribution in [2.24, 2.45) is 11.8 Å². The summed E-state index contributed by atoms with van der Waals surface area (Å²) < 4.78 is 10.6. The molecule has 84 valence electrons. The van der Waals surface area contributed by atoms with E-state index in [2.05, 4.69) is 5.43 Å². The van der Waals surface area contributed by atoms with Gasteiger partial charge in [-0.25, -0.2) is 0 Å². The summed E-state index contributed by atoms with van der Waals surface area (Å²) in [5, 5.41) is 0. The molecule has 0 aromatic rings. The highest BCUT2D eigenvalue weighted by Crippen LogP contribution is 2.19. The van der Waals surface area contributed by atoms with Crippen molar-refractivity contribution in [3.63, 3.8) is 0 Å². The SMILES string of the molecule is CCOCCCC(NN)C1CCOC1. The van der Waals surface area contributed by atoms with Crippen LogP contribution in [0, 0.1) is 5.92 Å². The van der Waals surface area contributed by atoms with Gasteiger partial charge in [-0.1, -0.05) is 0 Å². The van der Waals surface area contributed by atoms with E-state index in [4.69, 9.17) is 15.3 Å². The van der Waals surface area contributed by atoms with Crippen LogP contribution in [0.25, 0.3) is 0 Å². The third kappa shape index (κ3) is 3.92. The number of nitrogens with one attached hydrogen (secondary N) is 1. The topological polar surface area (TPSA) is 56.5 Å². The molecule has 0 saturated carbocycles. The van der Waals surface area contributed by atoms with Crippen LogP contribution >= 0.6 is 0 Å². The van der Waals surface area contributed by atoms with Crippen LogP contribution in [-0.2, 0) is 9.47 Å². The van der Waals surface area contributed by atoms with Crippen molar-refractivity contribution in [2.75, 3.05) is 26.4 Å².